The van der Waals surface area contributed by atoms with Crippen LogP contribution in [-0.2, 0) is 4.79 Å². The topological polar surface area (TPSA) is 111 Å². The van der Waals surface area contributed by atoms with E-state index in [9.17, 15) is 19.7 Å². The molecule has 2 N–H and O–H groups in total. The third-order valence-electron chi connectivity index (χ3n) is 4.22. The molecule has 0 atom stereocenters. The molecule has 0 radical (unpaired) electrons. The summed E-state index contributed by atoms with van der Waals surface area (Å²) in [7, 11) is 0. The van der Waals surface area contributed by atoms with Crippen LogP contribution in [0.3, 0.4) is 0 Å². The van der Waals surface area contributed by atoms with Crippen molar-refractivity contribution in [2.24, 2.45) is 0 Å². The maximum absolute atomic E-state index is 12.6. The summed E-state index contributed by atoms with van der Waals surface area (Å²) in [5.74, 6) is -0.546. The fraction of sp³-hybridized carbons (Fsp3) is 0.0909. The second-order valence-corrected chi connectivity index (χ2v) is 6.41. The molecular formula is C22H19N3O5. The predicted octanol–water partition coefficient (Wildman–Crippen LogP) is 4.17. The molecule has 152 valence electrons. The van der Waals surface area contributed by atoms with Crippen LogP contribution in [0.1, 0.15) is 15.9 Å². The van der Waals surface area contributed by atoms with E-state index in [0.29, 0.717) is 22.5 Å². The Hall–Kier alpha value is -4.20. The van der Waals surface area contributed by atoms with Crippen LogP contribution >= 0.6 is 0 Å². The van der Waals surface area contributed by atoms with Crippen LogP contribution in [0.5, 0.6) is 5.75 Å². The minimum absolute atomic E-state index is 0.0555. The van der Waals surface area contributed by atoms with Gasteiger partial charge in [0.25, 0.3) is 17.5 Å². The van der Waals surface area contributed by atoms with Crippen LogP contribution in [0.25, 0.3) is 0 Å². The molecule has 3 aromatic rings. The van der Waals surface area contributed by atoms with Gasteiger partial charge in [-0.1, -0.05) is 30.3 Å². The highest BCUT2D eigenvalue weighted by molar-refractivity contribution is 6.06. The predicted molar refractivity (Wildman–Crippen MR) is 113 cm³/mol. The summed E-state index contributed by atoms with van der Waals surface area (Å²) in [5.41, 5.74) is 1.88. The number of benzene rings is 3. The fourth-order valence-electron chi connectivity index (χ4n) is 2.73. The Morgan fingerprint density at radius 1 is 0.967 bits per heavy atom. The van der Waals surface area contributed by atoms with Gasteiger partial charge in [-0.15, -0.1) is 0 Å². The molecule has 3 rings (SSSR count). The number of carbonyl (C=O) groups excluding carboxylic acids is 2. The lowest BCUT2D eigenvalue weighted by atomic mass is 10.1. The van der Waals surface area contributed by atoms with Crippen molar-refractivity contribution in [2.75, 3.05) is 17.2 Å². The van der Waals surface area contributed by atoms with Crippen molar-refractivity contribution in [3.05, 3.63) is 94.0 Å². The molecule has 8 heteroatoms. The standard InChI is InChI=1S/C22H19N3O5/c1-15-13-17(25(28)29)11-12-19(15)24-21(26)14-30-20-10-6-5-9-18(20)22(27)23-16-7-3-2-4-8-16/h2-13H,14H2,1H3,(H,23,27)(H,24,26). The van der Waals surface area contributed by atoms with E-state index in [2.05, 4.69) is 10.6 Å². The SMILES string of the molecule is Cc1cc([N+](=O)[O-])ccc1NC(=O)COc1ccccc1C(=O)Nc1ccccc1. The summed E-state index contributed by atoms with van der Waals surface area (Å²) in [6.07, 6.45) is 0. The van der Waals surface area contributed by atoms with Crippen LogP contribution in [0.2, 0.25) is 0 Å². The Morgan fingerprint density at radius 2 is 1.67 bits per heavy atom. The summed E-state index contributed by atoms with van der Waals surface area (Å²) in [5, 5.41) is 16.2. The minimum Gasteiger partial charge on any atom is -0.483 e. The lowest BCUT2D eigenvalue weighted by molar-refractivity contribution is -0.384. The van der Waals surface area contributed by atoms with Crippen molar-refractivity contribution in [3.8, 4) is 5.75 Å². The number of nitro groups is 1. The zero-order valence-corrected chi connectivity index (χ0v) is 16.1. The molecule has 0 fully saturated rings. The van der Waals surface area contributed by atoms with E-state index < -0.39 is 10.8 Å². The van der Waals surface area contributed by atoms with Crippen molar-refractivity contribution in [2.45, 2.75) is 6.92 Å². The van der Waals surface area contributed by atoms with Gasteiger partial charge in [0.2, 0.25) is 0 Å². The van der Waals surface area contributed by atoms with Crippen molar-refractivity contribution in [1.29, 1.82) is 0 Å². The Kier molecular flexibility index (Phi) is 6.39. The first kappa shape index (κ1) is 20.5. The highest BCUT2D eigenvalue weighted by Gasteiger charge is 2.15. The number of carbonyl (C=O) groups is 2. The number of nitrogens with one attached hydrogen (secondary N) is 2. The van der Waals surface area contributed by atoms with Gasteiger partial charge in [0.15, 0.2) is 6.61 Å². The molecule has 0 unspecified atom stereocenters. The molecule has 0 saturated heterocycles. The zero-order valence-electron chi connectivity index (χ0n) is 16.1. The quantitative estimate of drug-likeness (QED) is 0.453. The Balaban J connectivity index is 1.64. The van der Waals surface area contributed by atoms with Gasteiger partial charge in [0.1, 0.15) is 5.75 Å². The van der Waals surface area contributed by atoms with Crippen molar-refractivity contribution in [1.82, 2.24) is 0 Å². The van der Waals surface area contributed by atoms with Gasteiger partial charge in [-0.05, 0) is 42.8 Å². The molecule has 3 aromatic carbocycles. The smallest absolute Gasteiger partial charge is 0.269 e. The second-order valence-electron chi connectivity index (χ2n) is 6.41. The highest BCUT2D eigenvalue weighted by atomic mass is 16.6. The highest BCUT2D eigenvalue weighted by Crippen LogP contribution is 2.22. The van der Waals surface area contributed by atoms with E-state index in [1.54, 1.807) is 43.3 Å². The van der Waals surface area contributed by atoms with Crippen LogP contribution in [0, 0.1) is 17.0 Å². The average Bonchev–Trinajstić information content (AvgIpc) is 2.74. The van der Waals surface area contributed by atoms with Crippen LogP contribution in [0.15, 0.2) is 72.8 Å². The molecule has 0 bridgehead atoms. The molecule has 2 amide bonds. The number of nitrogens with zero attached hydrogens (tertiary/aromatic N) is 1. The maximum Gasteiger partial charge on any atom is 0.269 e. The van der Waals surface area contributed by atoms with Gasteiger partial charge >= 0.3 is 0 Å². The molecule has 30 heavy (non-hydrogen) atoms. The number of anilines is 2. The molecule has 0 saturated carbocycles. The van der Waals surface area contributed by atoms with Gasteiger partial charge in [0, 0.05) is 23.5 Å². The first-order valence-electron chi connectivity index (χ1n) is 9.07. The lowest BCUT2D eigenvalue weighted by Crippen LogP contribution is -2.22. The van der Waals surface area contributed by atoms with Crippen molar-refractivity contribution in [3.63, 3.8) is 0 Å². The normalized spacial score (nSPS) is 10.2. The molecule has 0 aliphatic carbocycles. The summed E-state index contributed by atoms with van der Waals surface area (Å²) < 4.78 is 5.55. The number of hydrogen-bond donors (Lipinski definition) is 2. The Bertz CT molecular complexity index is 1080. The van der Waals surface area contributed by atoms with Gasteiger partial charge in [0.05, 0.1) is 10.5 Å². The van der Waals surface area contributed by atoms with Gasteiger partial charge in [-0.3, -0.25) is 19.7 Å². The molecule has 0 spiro atoms. The number of ether oxygens (including phenoxy) is 1. The maximum atomic E-state index is 12.6. The zero-order chi connectivity index (χ0) is 21.5. The summed E-state index contributed by atoms with van der Waals surface area (Å²) in [4.78, 5) is 35.1. The number of rotatable bonds is 7. The van der Waals surface area contributed by atoms with E-state index in [0.717, 1.165) is 0 Å². The molecule has 0 aliphatic heterocycles. The number of nitro benzene ring substituents is 1. The number of non-ortho nitro benzene ring substituents is 1. The van der Waals surface area contributed by atoms with Gasteiger partial charge < -0.3 is 15.4 Å². The third kappa shape index (κ3) is 5.20. The second kappa shape index (κ2) is 9.33. The Labute approximate surface area is 172 Å². The van der Waals surface area contributed by atoms with Crippen LogP contribution in [-0.4, -0.2) is 23.3 Å². The van der Waals surface area contributed by atoms with Gasteiger partial charge in [-0.25, -0.2) is 0 Å². The first-order valence-corrected chi connectivity index (χ1v) is 9.07. The number of hydrogen-bond acceptors (Lipinski definition) is 5. The van der Waals surface area contributed by atoms with Crippen LogP contribution in [0.4, 0.5) is 17.1 Å². The van der Waals surface area contributed by atoms with Crippen LogP contribution < -0.4 is 15.4 Å². The van der Waals surface area contributed by atoms with E-state index in [4.69, 9.17) is 4.74 Å². The molecule has 8 nitrogen and oxygen atoms in total. The Morgan fingerprint density at radius 3 is 2.37 bits per heavy atom. The first-order chi connectivity index (χ1) is 14.4. The van der Waals surface area contributed by atoms with Crippen molar-refractivity contribution >= 4 is 28.9 Å². The van der Waals surface area contributed by atoms with E-state index in [-0.39, 0.29) is 24.0 Å². The number of amides is 2. The van der Waals surface area contributed by atoms with E-state index >= 15 is 0 Å². The monoisotopic (exact) mass is 405 g/mol. The largest absolute Gasteiger partial charge is 0.483 e. The number of para-hydroxylation sites is 2. The molecule has 0 aromatic heterocycles. The fourth-order valence-corrected chi connectivity index (χ4v) is 2.73. The summed E-state index contributed by atoms with van der Waals surface area (Å²) in [6.45, 7) is 1.33. The lowest BCUT2D eigenvalue weighted by Gasteiger charge is -2.12. The van der Waals surface area contributed by atoms with E-state index in [1.165, 1.54) is 18.2 Å². The summed E-state index contributed by atoms with van der Waals surface area (Å²) >= 11 is 0. The van der Waals surface area contributed by atoms with Crippen molar-refractivity contribution < 1.29 is 19.2 Å². The number of aryl methyl sites for hydroxylation is 1. The molecular weight excluding hydrogens is 386 g/mol. The minimum atomic E-state index is -0.501. The van der Waals surface area contributed by atoms with E-state index in [1.807, 2.05) is 18.2 Å². The molecule has 0 heterocycles. The molecule has 0 aliphatic rings. The summed E-state index contributed by atoms with van der Waals surface area (Å²) in [6, 6.07) is 19.8. The van der Waals surface area contributed by atoms with Gasteiger partial charge in [-0.2, -0.15) is 0 Å². The average molecular weight is 405 g/mol. The third-order valence-corrected chi connectivity index (χ3v) is 4.22.